The molecule has 0 saturated heterocycles. The lowest BCUT2D eigenvalue weighted by Gasteiger charge is -2.31. The highest BCUT2D eigenvalue weighted by Gasteiger charge is 2.35. The van der Waals surface area contributed by atoms with Crippen LogP contribution in [0.4, 0.5) is 0 Å². The molecular weight excluding hydrogens is 472 g/mol. The van der Waals surface area contributed by atoms with E-state index in [1.165, 1.54) is 4.31 Å². The quantitative estimate of drug-likeness (QED) is 0.282. The highest BCUT2D eigenvalue weighted by Crippen LogP contribution is 2.28. The predicted molar refractivity (Wildman–Crippen MR) is 138 cm³/mol. The number of carbonyl (C=O) groups is 1. The van der Waals surface area contributed by atoms with Crippen molar-refractivity contribution in [3.63, 3.8) is 0 Å². The van der Waals surface area contributed by atoms with Gasteiger partial charge in [0.05, 0.1) is 10.8 Å². The number of nitrogens with one attached hydrogen (secondary N) is 1. The number of carboxylic acids is 1. The van der Waals surface area contributed by atoms with Crippen LogP contribution in [0, 0.1) is 5.92 Å². The molecule has 2 N–H and O–H groups in total. The van der Waals surface area contributed by atoms with Gasteiger partial charge in [0.1, 0.15) is 0 Å². The standard InChI is InChI=1S/C26H37ClN2O4S/c1-3-5-10-18-28-25(21-14-16-22(27)17-15-21)24(26(30)31)20-29(19-11-6-4-2)34(32,33)23-12-8-7-9-13-23/h7-9,12-17,24-25,28H,3-6,10-11,18-20H2,1-2H3,(H,30,31). The Labute approximate surface area is 209 Å². The van der Waals surface area contributed by atoms with Crippen molar-refractivity contribution in [3.05, 3.63) is 65.2 Å². The minimum absolute atomic E-state index is 0.121. The summed E-state index contributed by atoms with van der Waals surface area (Å²) in [5, 5.41) is 14.2. The van der Waals surface area contributed by atoms with Crippen LogP contribution < -0.4 is 5.32 Å². The zero-order chi connectivity index (χ0) is 25.0. The minimum Gasteiger partial charge on any atom is -0.481 e. The van der Waals surface area contributed by atoms with Gasteiger partial charge in [-0.15, -0.1) is 0 Å². The number of carboxylic acid groups (broad SMARTS) is 1. The fourth-order valence-electron chi connectivity index (χ4n) is 3.93. The third-order valence-electron chi connectivity index (χ3n) is 5.89. The van der Waals surface area contributed by atoms with Gasteiger partial charge in [-0.1, -0.05) is 81.5 Å². The predicted octanol–water partition coefficient (Wildman–Crippen LogP) is 5.74. The summed E-state index contributed by atoms with van der Waals surface area (Å²) in [6.45, 7) is 4.96. The first-order valence-electron chi connectivity index (χ1n) is 12.1. The van der Waals surface area contributed by atoms with Crippen LogP contribution in [0.15, 0.2) is 59.5 Å². The second kappa shape index (κ2) is 14.5. The molecule has 0 fully saturated rings. The van der Waals surface area contributed by atoms with Gasteiger partial charge >= 0.3 is 5.97 Å². The van der Waals surface area contributed by atoms with Crippen molar-refractivity contribution in [2.24, 2.45) is 5.92 Å². The molecule has 0 spiro atoms. The molecule has 0 aliphatic rings. The Morgan fingerprint density at radius 3 is 2.18 bits per heavy atom. The topological polar surface area (TPSA) is 86.7 Å². The van der Waals surface area contributed by atoms with Crippen LogP contribution >= 0.6 is 11.6 Å². The molecule has 8 heteroatoms. The summed E-state index contributed by atoms with van der Waals surface area (Å²) < 4.78 is 28.3. The van der Waals surface area contributed by atoms with Crippen molar-refractivity contribution in [1.82, 2.24) is 9.62 Å². The third kappa shape index (κ3) is 8.38. The van der Waals surface area contributed by atoms with Crippen LogP contribution in [0.5, 0.6) is 0 Å². The molecule has 0 aliphatic heterocycles. The lowest BCUT2D eigenvalue weighted by molar-refractivity contribution is -0.143. The molecule has 6 nitrogen and oxygen atoms in total. The molecule has 0 bridgehead atoms. The molecule has 2 rings (SSSR count). The average molecular weight is 509 g/mol. The van der Waals surface area contributed by atoms with Gasteiger partial charge in [-0.05, 0) is 49.2 Å². The maximum atomic E-state index is 13.5. The molecule has 0 heterocycles. The van der Waals surface area contributed by atoms with Crippen LogP contribution in [0.2, 0.25) is 5.02 Å². The maximum absolute atomic E-state index is 13.5. The highest BCUT2D eigenvalue weighted by molar-refractivity contribution is 7.89. The minimum atomic E-state index is -3.84. The van der Waals surface area contributed by atoms with E-state index < -0.39 is 28.0 Å². The molecule has 34 heavy (non-hydrogen) atoms. The van der Waals surface area contributed by atoms with Crippen molar-refractivity contribution in [3.8, 4) is 0 Å². The van der Waals surface area contributed by atoms with Gasteiger partial charge < -0.3 is 10.4 Å². The van der Waals surface area contributed by atoms with E-state index in [0.29, 0.717) is 18.0 Å². The molecule has 188 valence electrons. The Morgan fingerprint density at radius 2 is 1.59 bits per heavy atom. The first-order valence-corrected chi connectivity index (χ1v) is 13.9. The van der Waals surface area contributed by atoms with Gasteiger partial charge in [0.25, 0.3) is 0 Å². The number of hydrogen-bond acceptors (Lipinski definition) is 4. The summed E-state index contributed by atoms with van der Waals surface area (Å²) in [4.78, 5) is 12.7. The van der Waals surface area contributed by atoms with Crippen LogP contribution in [0.1, 0.15) is 64.0 Å². The van der Waals surface area contributed by atoms with E-state index in [2.05, 4.69) is 12.2 Å². The number of benzene rings is 2. The monoisotopic (exact) mass is 508 g/mol. The van der Waals surface area contributed by atoms with Crippen LogP contribution in [-0.4, -0.2) is 43.4 Å². The smallest absolute Gasteiger partial charge is 0.309 e. The molecule has 2 aromatic rings. The number of hydrogen-bond donors (Lipinski definition) is 2. The van der Waals surface area contributed by atoms with E-state index in [4.69, 9.17) is 11.6 Å². The van der Waals surface area contributed by atoms with Crippen molar-refractivity contribution in [1.29, 1.82) is 0 Å². The number of rotatable bonds is 16. The molecule has 0 amide bonds. The van der Waals surface area contributed by atoms with Crippen molar-refractivity contribution < 1.29 is 18.3 Å². The normalized spacial score (nSPS) is 13.6. The van der Waals surface area contributed by atoms with Crippen molar-refractivity contribution in [2.45, 2.75) is 63.3 Å². The van der Waals surface area contributed by atoms with E-state index in [1.54, 1.807) is 42.5 Å². The van der Waals surface area contributed by atoms with E-state index in [1.807, 2.05) is 19.1 Å². The third-order valence-corrected chi connectivity index (χ3v) is 8.02. The summed E-state index contributed by atoms with van der Waals surface area (Å²) in [5.74, 6) is -2.00. The van der Waals surface area contributed by atoms with Crippen LogP contribution in [0.25, 0.3) is 0 Å². The molecule has 0 radical (unpaired) electrons. The Morgan fingerprint density at radius 1 is 0.971 bits per heavy atom. The molecule has 2 atom stereocenters. The Hall–Kier alpha value is -1.93. The van der Waals surface area contributed by atoms with Crippen LogP contribution in [-0.2, 0) is 14.8 Å². The van der Waals surface area contributed by atoms with Crippen LogP contribution in [0.3, 0.4) is 0 Å². The fraction of sp³-hybridized carbons (Fsp3) is 0.500. The van der Waals surface area contributed by atoms with Gasteiger partial charge in [-0.2, -0.15) is 4.31 Å². The molecule has 2 unspecified atom stereocenters. The van der Waals surface area contributed by atoms with Gasteiger partial charge in [0, 0.05) is 24.2 Å². The SMILES string of the molecule is CCCCCNC(c1ccc(Cl)cc1)C(CN(CCCCC)S(=O)(=O)c1ccccc1)C(=O)O. The summed E-state index contributed by atoms with van der Waals surface area (Å²) in [7, 11) is -3.84. The first-order chi connectivity index (χ1) is 16.3. The molecule has 2 aromatic carbocycles. The highest BCUT2D eigenvalue weighted by atomic mass is 35.5. The molecular formula is C26H37ClN2O4S. The van der Waals surface area contributed by atoms with Gasteiger partial charge in [-0.25, -0.2) is 8.42 Å². The average Bonchev–Trinajstić information content (AvgIpc) is 2.83. The summed E-state index contributed by atoms with van der Waals surface area (Å²) in [6, 6.07) is 14.8. The number of unbranched alkanes of at least 4 members (excludes halogenated alkanes) is 4. The largest absolute Gasteiger partial charge is 0.481 e. The number of nitrogens with zero attached hydrogens (tertiary/aromatic N) is 1. The molecule has 0 aromatic heterocycles. The number of aliphatic carboxylic acids is 1. The Balaban J connectivity index is 2.39. The number of halogens is 1. The zero-order valence-corrected chi connectivity index (χ0v) is 21.7. The Kier molecular flexibility index (Phi) is 12.0. The van der Waals surface area contributed by atoms with Crippen molar-refractivity contribution in [2.75, 3.05) is 19.6 Å². The van der Waals surface area contributed by atoms with Crippen molar-refractivity contribution >= 4 is 27.6 Å². The van der Waals surface area contributed by atoms with E-state index in [0.717, 1.165) is 37.7 Å². The lowest BCUT2D eigenvalue weighted by Crippen LogP contribution is -2.44. The second-order valence-corrected chi connectivity index (χ2v) is 10.9. The zero-order valence-electron chi connectivity index (χ0n) is 20.1. The Bertz CT molecular complexity index is 968. The fourth-order valence-corrected chi connectivity index (χ4v) is 5.58. The van der Waals surface area contributed by atoms with Gasteiger partial charge in [0.2, 0.25) is 10.0 Å². The number of sulfonamides is 1. The first kappa shape index (κ1) is 28.3. The van der Waals surface area contributed by atoms with Gasteiger partial charge in [-0.3, -0.25) is 4.79 Å². The molecule has 0 saturated carbocycles. The molecule has 0 aliphatic carbocycles. The van der Waals surface area contributed by atoms with E-state index in [-0.39, 0.29) is 18.0 Å². The summed E-state index contributed by atoms with van der Waals surface area (Å²) in [5.41, 5.74) is 0.777. The van der Waals surface area contributed by atoms with E-state index >= 15 is 0 Å². The van der Waals surface area contributed by atoms with Gasteiger partial charge in [0.15, 0.2) is 0 Å². The lowest BCUT2D eigenvalue weighted by atomic mass is 9.92. The maximum Gasteiger partial charge on any atom is 0.309 e. The van der Waals surface area contributed by atoms with E-state index in [9.17, 15) is 18.3 Å². The summed E-state index contributed by atoms with van der Waals surface area (Å²) >= 11 is 6.06. The summed E-state index contributed by atoms with van der Waals surface area (Å²) in [6.07, 6.45) is 5.47. The second-order valence-electron chi connectivity index (χ2n) is 8.52.